The highest BCUT2D eigenvalue weighted by molar-refractivity contribution is 5.72. The van der Waals surface area contributed by atoms with Crippen molar-refractivity contribution in [3.05, 3.63) is 59.7 Å². The van der Waals surface area contributed by atoms with Crippen molar-refractivity contribution in [3.8, 4) is 11.5 Å². The minimum absolute atomic E-state index is 0.275. The molecule has 1 saturated heterocycles. The van der Waals surface area contributed by atoms with Gasteiger partial charge in [0.05, 0.1) is 12.2 Å². The molecule has 3 aromatic heterocycles. The number of hydrogen-bond donors (Lipinski definition) is 0. The molecule has 1 atom stereocenters. The Bertz CT molecular complexity index is 1170. The van der Waals surface area contributed by atoms with Crippen LogP contribution in [0.3, 0.4) is 0 Å². The lowest BCUT2D eigenvalue weighted by Crippen LogP contribution is -2.24. The molecule has 0 saturated carbocycles. The molecule has 1 aliphatic rings. The van der Waals surface area contributed by atoms with E-state index in [4.69, 9.17) is 9.40 Å². The third-order valence-corrected chi connectivity index (χ3v) is 4.97. The van der Waals surface area contributed by atoms with Gasteiger partial charge in [0.1, 0.15) is 23.0 Å². The first-order chi connectivity index (χ1) is 13.6. The molecule has 4 aromatic rings. The molecular formula is C19H16F2N6O. The van der Waals surface area contributed by atoms with Gasteiger partial charge in [0.15, 0.2) is 5.65 Å². The van der Waals surface area contributed by atoms with Crippen LogP contribution >= 0.6 is 0 Å². The molecule has 9 heteroatoms. The van der Waals surface area contributed by atoms with Gasteiger partial charge >= 0.3 is 0 Å². The summed E-state index contributed by atoms with van der Waals surface area (Å²) in [4.78, 5) is 6.71. The zero-order valence-corrected chi connectivity index (χ0v) is 15.0. The van der Waals surface area contributed by atoms with Gasteiger partial charge in [-0.15, -0.1) is 10.2 Å². The molecule has 0 spiro atoms. The van der Waals surface area contributed by atoms with Gasteiger partial charge in [-0.1, -0.05) is 0 Å². The number of aryl methyl sites for hydroxylation is 1. The summed E-state index contributed by atoms with van der Waals surface area (Å²) in [5.74, 6) is 0.594. The lowest BCUT2D eigenvalue weighted by molar-refractivity contribution is 0.533. The fraction of sp³-hybridized carbons (Fsp3) is 0.263. The second-order valence-corrected chi connectivity index (χ2v) is 6.76. The molecule has 0 radical (unpaired) electrons. The van der Waals surface area contributed by atoms with Crippen LogP contribution in [0, 0.1) is 18.6 Å². The summed E-state index contributed by atoms with van der Waals surface area (Å²) in [5.41, 5.74) is 1.53. The van der Waals surface area contributed by atoms with Crippen LogP contribution in [0.5, 0.6) is 0 Å². The fourth-order valence-corrected chi connectivity index (χ4v) is 3.71. The highest BCUT2D eigenvalue weighted by Crippen LogP contribution is 2.37. The Morgan fingerprint density at radius 3 is 2.89 bits per heavy atom. The number of nitrogens with zero attached hydrogens (tertiary/aromatic N) is 6. The topological polar surface area (TPSA) is 72.3 Å². The van der Waals surface area contributed by atoms with E-state index in [9.17, 15) is 8.78 Å². The average Bonchev–Trinajstić information content (AvgIpc) is 3.42. The summed E-state index contributed by atoms with van der Waals surface area (Å²) in [6.07, 6.45) is 4.99. The standard InChI is InChI=1S/C19H16F2N6O/c1-11-24-25-19(28-11)14-10-22-27-8-6-17(23-18(14)27)26-7-2-3-16(26)13-9-12(20)4-5-15(13)21/h4-6,8-10,16H,2-3,7H2,1H3/t16-/m1/s1. The van der Waals surface area contributed by atoms with Crippen molar-refractivity contribution in [1.82, 2.24) is 24.8 Å². The first-order valence-corrected chi connectivity index (χ1v) is 8.96. The van der Waals surface area contributed by atoms with Gasteiger partial charge in [0, 0.05) is 25.2 Å². The van der Waals surface area contributed by atoms with Crippen LogP contribution in [0.4, 0.5) is 14.6 Å². The molecule has 1 aliphatic heterocycles. The van der Waals surface area contributed by atoms with E-state index in [1.807, 2.05) is 11.0 Å². The predicted octanol–water partition coefficient (Wildman–Crippen LogP) is 3.71. The predicted molar refractivity (Wildman–Crippen MR) is 96.7 cm³/mol. The van der Waals surface area contributed by atoms with E-state index >= 15 is 0 Å². The Labute approximate surface area is 158 Å². The number of benzene rings is 1. The quantitative estimate of drug-likeness (QED) is 0.538. The monoisotopic (exact) mass is 382 g/mol. The first kappa shape index (κ1) is 16.8. The number of rotatable bonds is 3. The van der Waals surface area contributed by atoms with Crippen LogP contribution in [0.25, 0.3) is 17.1 Å². The number of halogens is 2. The van der Waals surface area contributed by atoms with Gasteiger partial charge in [-0.25, -0.2) is 18.3 Å². The summed E-state index contributed by atoms with van der Waals surface area (Å²) in [6.45, 7) is 2.41. The van der Waals surface area contributed by atoms with Crippen molar-refractivity contribution in [2.45, 2.75) is 25.8 Å². The van der Waals surface area contributed by atoms with Crippen LogP contribution in [-0.4, -0.2) is 31.3 Å². The summed E-state index contributed by atoms with van der Waals surface area (Å²) in [7, 11) is 0. The van der Waals surface area contributed by atoms with E-state index in [-0.39, 0.29) is 6.04 Å². The largest absolute Gasteiger partial charge is 0.421 e. The van der Waals surface area contributed by atoms with Crippen molar-refractivity contribution in [1.29, 1.82) is 0 Å². The van der Waals surface area contributed by atoms with E-state index in [0.717, 1.165) is 18.9 Å². The van der Waals surface area contributed by atoms with Crippen LogP contribution in [0.15, 0.2) is 41.1 Å². The molecule has 0 aliphatic carbocycles. The molecule has 1 fully saturated rings. The van der Waals surface area contributed by atoms with E-state index in [0.29, 0.717) is 40.9 Å². The molecule has 0 bridgehead atoms. The van der Waals surface area contributed by atoms with Gasteiger partial charge in [-0.05, 0) is 37.1 Å². The van der Waals surface area contributed by atoms with Gasteiger partial charge in [0.2, 0.25) is 5.89 Å². The normalized spacial score (nSPS) is 17.0. The fourth-order valence-electron chi connectivity index (χ4n) is 3.71. The third kappa shape index (κ3) is 2.70. The Morgan fingerprint density at radius 1 is 1.18 bits per heavy atom. The zero-order valence-electron chi connectivity index (χ0n) is 15.0. The van der Waals surface area contributed by atoms with Crippen molar-refractivity contribution in [3.63, 3.8) is 0 Å². The molecule has 0 N–H and O–H groups in total. The van der Waals surface area contributed by atoms with E-state index in [2.05, 4.69) is 15.3 Å². The number of aromatic nitrogens is 5. The van der Waals surface area contributed by atoms with Crippen molar-refractivity contribution in [2.24, 2.45) is 0 Å². The van der Waals surface area contributed by atoms with Crippen molar-refractivity contribution in [2.75, 3.05) is 11.4 Å². The second kappa shape index (κ2) is 6.36. The molecule has 1 aromatic carbocycles. The summed E-state index contributed by atoms with van der Waals surface area (Å²) >= 11 is 0. The van der Waals surface area contributed by atoms with E-state index < -0.39 is 11.6 Å². The molecule has 7 nitrogen and oxygen atoms in total. The first-order valence-electron chi connectivity index (χ1n) is 8.96. The van der Waals surface area contributed by atoms with Gasteiger partial charge in [-0.3, -0.25) is 0 Å². The van der Waals surface area contributed by atoms with Crippen LogP contribution in [-0.2, 0) is 0 Å². The van der Waals surface area contributed by atoms with Crippen LogP contribution in [0.1, 0.15) is 30.3 Å². The Balaban J connectivity index is 1.57. The molecule has 142 valence electrons. The molecule has 0 amide bonds. The minimum Gasteiger partial charge on any atom is -0.421 e. The maximum atomic E-state index is 14.3. The van der Waals surface area contributed by atoms with Crippen LogP contribution in [0.2, 0.25) is 0 Å². The molecule has 5 rings (SSSR count). The Hall–Kier alpha value is -3.36. The summed E-state index contributed by atoms with van der Waals surface area (Å²) in [6, 6.07) is 5.11. The lowest BCUT2D eigenvalue weighted by atomic mass is 10.0. The van der Waals surface area contributed by atoms with Crippen molar-refractivity contribution < 1.29 is 13.2 Å². The van der Waals surface area contributed by atoms with E-state index in [1.165, 1.54) is 12.1 Å². The number of hydrogen-bond acceptors (Lipinski definition) is 6. The molecular weight excluding hydrogens is 366 g/mol. The van der Waals surface area contributed by atoms with Gasteiger partial charge < -0.3 is 9.32 Å². The molecule has 0 unspecified atom stereocenters. The lowest BCUT2D eigenvalue weighted by Gasteiger charge is -2.26. The highest BCUT2D eigenvalue weighted by Gasteiger charge is 2.30. The van der Waals surface area contributed by atoms with E-state index in [1.54, 1.807) is 23.8 Å². The number of fused-ring (bicyclic) bond motifs is 1. The third-order valence-electron chi connectivity index (χ3n) is 4.97. The van der Waals surface area contributed by atoms with Gasteiger partial charge in [-0.2, -0.15) is 5.10 Å². The second-order valence-electron chi connectivity index (χ2n) is 6.76. The Morgan fingerprint density at radius 2 is 2.07 bits per heavy atom. The smallest absolute Gasteiger partial charge is 0.253 e. The van der Waals surface area contributed by atoms with Crippen LogP contribution < -0.4 is 4.90 Å². The zero-order chi connectivity index (χ0) is 19.3. The SMILES string of the molecule is Cc1nnc(-c2cnn3ccc(N4CCC[C@@H]4c4cc(F)ccc4F)nc23)o1. The maximum Gasteiger partial charge on any atom is 0.253 e. The van der Waals surface area contributed by atoms with Crippen molar-refractivity contribution >= 4 is 11.5 Å². The highest BCUT2D eigenvalue weighted by atomic mass is 19.1. The summed E-state index contributed by atoms with van der Waals surface area (Å²) in [5, 5.41) is 12.2. The number of anilines is 1. The van der Waals surface area contributed by atoms with Gasteiger partial charge in [0.25, 0.3) is 5.89 Å². The minimum atomic E-state index is -0.448. The Kier molecular flexibility index (Phi) is 3.81. The molecule has 4 heterocycles. The average molecular weight is 382 g/mol. The molecule has 28 heavy (non-hydrogen) atoms. The summed E-state index contributed by atoms with van der Waals surface area (Å²) < 4.78 is 35.2. The maximum absolute atomic E-state index is 14.3.